The zero-order valence-electron chi connectivity index (χ0n) is 11.0. The van der Waals surface area contributed by atoms with Crippen molar-refractivity contribution in [2.45, 2.75) is 32.4 Å². The topological polar surface area (TPSA) is 109 Å². The van der Waals surface area contributed by atoms with Gasteiger partial charge in [-0.25, -0.2) is 4.79 Å². The van der Waals surface area contributed by atoms with Gasteiger partial charge < -0.3 is 20.1 Å². The molecule has 7 nitrogen and oxygen atoms in total. The lowest BCUT2D eigenvalue weighted by Gasteiger charge is -2.15. The van der Waals surface area contributed by atoms with E-state index in [1.807, 2.05) is 13.8 Å². The van der Waals surface area contributed by atoms with Crippen LogP contribution in [0.25, 0.3) is 0 Å². The van der Waals surface area contributed by atoms with Crippen molar-refractivity contribution in [3.63, 3.8) is 0 Å². The summed E-state index contributed by atoms with van der Waals surface area (Å²) in [7, 11) is 0. The van der Waals surface area contributed by atoms with Crippen LogP contribution in [-0.2, 0) is 9.59 Å². The summed E-state index contributed by atoms with van der Waals surface area (Å²) in [6.45, 7) is 3.66. The van der Waals surface area contributed by atoms with Crippen LogP contribution in [0.5, 0.6) is 0 Å². The zero-order valence-corrected chi connectivity index (χ0v) is 11.7. The van der Waals surface area contributed by atoms with Crippen molar-refractivity contribution in [3.05, 3.63) is 23.0 Å². The van der Waals surface area contributed by atoms with E-state index in [1.54, 1.807) is 10.8 Å². The van der Waals surface area contributed by atoms with Gasteiger partial charge in [0, 0.05) is 12.2 Å². The normalized spacial score (nSPS) is 12.2. The molecule has 8 heteroatoms. The lowest BCUT2D eigenvalue weighted by Crippen LogP contribution is -2.42. The van der Waals surface area contributed by atoms with Gasteiger partial charge in [0.2, 0.25) is 0 Å². The number of hydrogen-bond donors (Lipinski definition) is 3. The van der Waals surface area contributed by atoms with Gasteiger partial charge in [0.1, 0.15) is 11.7 Å². The van der Waals surface area contributed by atoms with Crippen molar-refractivity contribution in [3.8, 4) is 0 Å². The third kappa shape index (κ3) is 3.99. The Morgan fingerprint density at radius 3 is 2.40 bits per heavy atom. The molecule has 0 bridgehead atoms. The van der Waals surface area contributed by atoms with Crippen LogP contribution in [0.15, 0.2) is 12.3 Å². The molecule has 1 aromatic heterocycles. The van der Waals surface area contributed by atoms with E-state index in [0.717, 1.165) is 0 Å². The Balaban J connectivity index is 2.94. The SMILES string of the molecule is CC(C)n1cc(Cl)cc1C(=O)N[C@@H](CC(=O)O)C(=O)O. The predicted molar refractivity (Wildman–Crippen MR) is 71.0 cm³/mol. The van der Waals surface area contributed by atoms with E-state index >= 15 is 0 Å². The third-order valence-corrected chi connectivity index (χ3v) is 2.79. The number of nitrogens with zero attached hydrogens (tertiary/aromatic N) is 1. The van der Waals surface area contributed by atoms with Gasteiger partial charge >= 0.3 is 11.9 Å². The van der Waals surface area contributed by atoms with Crippen molar-refractivity contribution in [2.75, 3.05) is 0 Å². The molecule has 1 atom stereocenters. The average Bonchev–Trinajstić information content (AvgIpc) is 2.69. The largest absolute Gasteiger partial charge is 0.481 e. The molecular weight excluding hydrogens is 288 g/mol. The molecule has 1 amide bonds. The molecule has 1 aromatic rings. The smallest absolute Gasteiger partial charge is 0.326 e. The fraction of sp³-hybridized carbons (Fsp3) is 0.417. The summed E-state index contributed by atoms with van der Waals surface area (Å²) in [5.41, 5.74) is 0.182. The van der Waals surface area contributed by atoms with Crippen LogP contribution in [0, 0.1) is 0 Å². The lowest BCUT2D eigenvalue weighted by atomic mass is 10.2. The molecule has 110 valence electrons. The lowest BCUT2D eigenvalue weighted by molar-refractivity contribution is -0.145. The molecule has 0 aliphatic rings. The molecule has 0 saturated heterocycles. The number of carboxylic acids is 2. The van der Waals surface area contributed by atoms with Crippen LogP contribution in [-0.4, -0.2) is 38.7 Å². The second kappa shape index (κ2) is 6.42. The van der Waals surface area contributed by atoms with Crippen LogP contribution < -0.4 is 5.32 Å². The molecule has 0 saturated carbocycles. The van der Waals surface area contributed by atoms with Crippen molar-refractivity contribution < 1.29 is 24.6 Å². The van der Waals surface area contributed by atoms with Gasteiger partial charge in [0.15, 0.2) is 0 Å². The first kappa shape index (κ1) is 16.0. The number of amides is 1. The minimum absolute atomic E-state index is 0.0500. The summed E-state index contributed by atoms with van der Waals surface area (Å²) in [4.78, 5) is 33.5. The Kier molecular flexibility index (Phi) is 5.15. The fourth-order valence-corrected chi connectivity index (χ4v) is 1.87. The Morgan fingerprint density at radius 1 is 1.35 bits per heavy atom. The molecule has 0 aliphatic heterocycles. The molecule has 20 heavy (non-hydrogen) atoms. The summed E-state index contributed by atoms with van der Waals surface area (Å²) >= 11 is 5.83. The minimum Gasteiger partial charge on any atom is -0.481 e. The van der Waals surface area contributed by atoms with Crippen molar-refractivity contribution >= 4 is 29.4 Å². The first-order valence-corrected chi connectivity index (χ1v) is 6.23. The molecule has 3 N–H and O–H groups in total. The summed E-state index contributed by atoms with van der Waals surface area (Å²) in [5.74, 6) is -3.40. The molecular formula is C12H15ClN2O5. The van der Waals surface area contributed by atoms with Crippen LogP contribution in [0.1, 0.15) is 36.8 Å². The second-order valence-electron chi connectivity index (χ2n) is 4.51. The van der Waals surface area contributed by atoms with E-state index < -0.39 is 30.3 Å². The van der Waals surface area contributed by atoms with Crippen molar-refractivity contribution in [2.24, 2.45) is 0 Å². The van der Waals surface area contributed by atoms with Crippen LogP contribution in [0.2, 0.25) is 5.02 Å². The monoisotopic (exact) mass is 302 g/mol. The van der Waals surface area contributed by atoms with Gasteiger partial charge in [-0.1, -0.05) is 11.6 Å². The van der Waals surface area contributed by atoms with Crippen LogP contribution in [0.3, 0.4) is 0 Å². The fourth-order valence-electron chi connectivity index (χ4n) is 1.66. The molecule has 0 aromatic carbocycles. The highest BCUT2D eigenvalue weighted by Crippen LogP contribution is 2.19. The van der Waals surface area contributed by atoms with Gasteiger partial charge in [-0.3, -0.25) is 9.59 Å². The van der Waals surface area contributed by atoms with E-state index in [-0.39, 0.29) is 11.7 Å². The van der Waals surface area contributed by atoms with Gasteiger partial charge in [0.25, 0.3) is 5.91 Å². The van der Waals surface area contributed by atoms with Crippen LogP contribution in [0.4, 0.5) is 0 Å². The average molecular weight is 303 g/mol. The Hall–Kier alpha value is -2.02. The molecule has 0 spiro atoms. The number of nitrogens with one attached hydrogen (secondary N) is 1. The molecule has 1 rings (SSSR count). The van der Waals surface area contributed by atoms with E-state index in [4.69, 9.17) is 21.8 Å². The molecule has 1 heterocycles. The molecule has 0 fully saturated rings. The maximum Gasteiger partial charge on any atom is 0.326 e. The highest BCUT2D eigenvalue weighted by molar-refractivity contribution is 6.31. The van der Waals surface area contributed by atoms with E-state index in [0.29, 0.717) is 5.02 Å². The number of carboxylic acid groups (broad SMARTS) is 2. The highest BCUT2D eigenvalue weighted by Gasteiger charge is 2.25. The first-order valence-electron chi connectivity index (χ1n) is 5.85. The number of aliphatic carboxylic acids is 2. The second-order valence-corrected chi connectivity index (χ2v) is 4.94. The van der Waals surface area contributed by atoms with E-state index in [1.165, 1.54) is 6.07 Å². The van der Waals surface area contributed by atoms with Gasteiger partial charge in [-0.15, -0.1) is 0 Å². The van der Waals surface area contributed by atoms with Gasteiger partial charge in [-0.2, -0.15) is 0 Å². The zero-order chi connectivity index (χ0) is 15.4. The maximum absolute atomic E-state index is 12.0. The summed E-state index contributed by atoms with van der Waals surface area (Å²) < 4.78 is 1.58. The summed E-state index contributed by atoms with van der Waals surface area (Å²) in [5, 5.41) is 20.0. The number of rotatable bonds is 6. The predicted octanol–water partition coefficient (Wildman–Crippen LogP) is 1.38. The van der Waals surface area contributed by atoms with Crippen molar-refractivity contribution in [1.29, 1.82) is 0 Å². The Bertz CT molecular complexity index is 538. The molecule has 0 radical (unpaired) electrons. The van der Waals surface area contributed by atoms with Gasteiger partial charge in [0.05, 0.1) is 11.4 Å². The Labute approximate surface area is 120 Å². The number of halogens is 1. The first-order chi connectivity index (χ1) is 9.22. The standard InChI is InChI=1S/C12H15ClN2O5/c1-6(2)15-5-7(13)3-9(15)11(18)14-8(12(19)20)4-10(16)17/h3,5-6,8H,4H2,1-2H3,(H,14,18)(H,16,17)(H,19,20)/t8-/m0/s1. The highest BCUT2D eigenvalue weighted by atomic mass is 35.5. The van der Waals surface area contributed by atoms with Gasteiger partial charge in [-0.05, 0) is 19.9 Å². The summed E-state index contributed by atoms with van der Waals surface area (Å²) in [6.07, 6.45) is 0.852. The molecule has 0 aliphatic carbocycles. The number of carbonyl (C=O) groups is 3. The molecule has 0 unspecified atom stereocenters. The van der Waals surface area contributed by atoms with Crippen LogP contribution >= 0.6 is 11.6 Å². The number of aromatic nitrogens is 1. The van der Waals surface area contributed by atoms with Crippen molar-refractivity contribution in [1.82, 2.24) is 9.88 Å². The quantitative estimate of drug-likeness (QED) is 0.735. The Morgan fingerprint density at radius 2 is 1.95 bits per heavy atom. The van der Waals surface area contributed by atoms with E-state index in [2.05, 4.69) is 5.32 Å². The summed E-state index contributed by atoms with van der Waals surface area (Å²) in [6, 6.07) is -0.142. The maximum atomic E-state index is 12.0. The van der Waals surface area contributed by atoms with E-state index in [9.17, 15) is 14.4 Å². The number of carbonyl (C=O) groups excluding carboxylic acids is 1. The minimum atomic E-state index is -1.49. The number of hydrogen-bond acceptors (Lipinski definition) is 3. The third-order valence-electron chi connectivity index (χ3n) is 2.59.